The third kappa shape index (κ3) is 7.43. The number of benzene rings is 4. The molecular formula is C55H66N2O10S. The zero-order valence-electron chi connectivity index (χ0n) is 40.4. The number of aliphatic hydroxyl groups excluding tert-OH is 1. The van der Waals surface area contributed by atoms with Gasteiger partial charge >= 0.3 is 22.2 Å². The van der Waals surface area contributed by atoms with Gasteiger partial charge < -0.3 is 24.1 Å². The van der Waals surface area contributed by atoms with Crippen LogP contribution in [0.15, 0.2) is 104 Å². The first-order valence-electron chi connectivity index (χ1n) is 24.7. The first-order valence-corrected chi connectivity index (χ1v) is 26.1. The van der Waals surface area contributed by atoms with Gasteiger partial charge in [-0.15, -0.1) is 0 Å². The van der Waals surface area contributed by atoms with Crippen LogP contribution in [-0.2, 0) is 33.4 Å². The summed E-state index contributed by atoms with van der Waals surface area (Å²) in [6.07, 6.45) is 6.58. The summed E-state index contributed by atoms with van der Waals surface area (Å²) in [5.41, 5.74) is -1.84. The summed E-state index contributed by atoms with van der Waals surface area (Å²) < 4.78 is 59.5. The summed E-state index contributed by atoms with van der Waals surface area (Å²) in [4.78, 5) is 30.8. The molecular weight excluding hydrogens is 881 g/mol. The number of hydrogen-bond acceptors (Lipinski definition) is 11. The molecule has 68 heavy (non-hydrogen) atoms. The van der Waals surface area contributed by atoms with Crippen LogP contribution in [0.25, 0.3) is 21.5 Å². The summed E-state index contributed by atoms with van der Waals surface area (Å²) in [5.74, 6) is 0.592. The van der Waals surface area contributed by atoms with E-state index in [9.17, 15) is 23.1 Å². The molecule has 5 heterocycles. The summed E-state index contributed by atoms with van der Waals surface area (Å²) in [7, 11) is -4.11. The molecule has 4 bridgehead atoms. The molecule has 4 aliphatic heterocycles. The minimum atomic E-state index is -4.11. The molecule has 2 saturated carbocycles. The van der Waals surface area contributed by atoms with Crippen LogP contribution in [0.2, 0.25) is 0 Å². The quantitative estimate of drug-likeness (QED) is 0.141. The van der Waals surface area contributed by atoms with E-state index in [1.807, 2.05) is 99.6 Å². The minimum absolute atomic E-state index is 0.00994. The number of rotatable bonds is 9. The average Bonchev–Trinajstić information content (AvgIpc) is 4.16. The molecule has 2 aliphatic carbocycles. The smallest absolute Gasteiger partial charge is 0.367 e. The standard InChI is InChI=1S/C29H34N2O6S.C26H32O4/c1-18(2)29-16-24(36-38(33,34)31-14-13-30-17-31)28(4,37-29)23-12-9-19(3)25(23)26(29)35-27(32)22-11-10-20-7-5-6-8-21(20)15-22;1-15(2)26-14-21(27)25(4,30-26)20-12-9-16(3)22(20)23(26)29-24(28)19-11-10-17-7-5-6-8-18(17)13-19/h5-8,10-11,13-15,17-19,23-26H,9,12,16H2,1-4H3;5-8,10-11,13,15-16,20-23,27H,9,12,14H2,1-4H3. The number of ether oxygens (including phenoxy) is 4. The Morgan fingerprint density at radius 1 is 0.691 bits per heavy atom. The molecule has 14 atom stereocenters. The second-order valence-corrected chi connectivity index (χ2v) is 23.4. The second-order valence-electron chi connectivity index (χ2n) is 21.9. The van der Waals surface area contributed by atoms with E-state index in [0.29, 0.717) is 35.8 Å². The summed E-state index contributed by atoms with van der Waals surface area (Å²) in [5, 5.41) is 15.2. The van der Waals surface area contributed by atoms with Crippen LogP contribution in [0.4, 0.5) is 0 Å². The highest BCUT2D eigenvalue weighted by atomic mass is 32.2. The van der Waals surface area contributed by atoms with Gasteiger partial charge in [0, 0.05) is 37.1 Å². The third-order valence-corrected chi connectivity index (χ3v) is 19.0. The maximum absolute atomic E-state index is 13.6. The van der Waals surface area contributed by atoms with Crippen LogP contribution in [-0.4, -0.2) is 81.2 Å². The minimum Gasteiger partial charge on any atom is -0.455 e. The van der Waals surface area contributed by atoms with E-state index in [-0.39, 0.29) is 53.6 Å². The highest BCUT2D eigenvalue weighted by Gasteiger charge is 2.73. The van der Waals surface area contributed by atoms with Crippen molar-refractivity contribution in [2.45, 2.75) is 141 Å². The predicted octanol–water partition coefficient (Wildman–Crippen LogP) is 9.97. The Morgan fingerprint density at radius 2 is 1.16 bits per heavy atom. The molecule has 5 aromatic rings. The number of esters is 2. The fourth-order valence-electron chi connectivity index (χ4n) is 13.9. The van der Waals surface area contributed by atoms with Gasteiger partial charge in [0.25, 0.3) is 0 Å². The Balaban J connectivity index is 0.000000163. The van der Waals surface area contributed by atoms with Crippen molar-refractivity contribution < 1.29 is 46.2 Å². The van der Waals surface area contributed by atoms with Crippen LogP contribution >= 0.6 is 0 Å². The van der Waals surface area contributed by atoms with Crippen molar-refractivity contribution in [2.75, 3.05) is 0 Å². The molecule has 4 aromatic carbocycles. The monoisotopic (exact) mass is 946 g/mol. The van der Waals surface area contributed by atoms with Gasteiger partial charge in [0.2, 0.25) is 0 Å². The van der Waals surface area contributed by atoms with Gasteiger partial charge in [0.05, 0.1) is 28.4 Å². The Labute approximate surface area is 400 Å². The van der Waals surface area contributed by atoms with Crippen LogP contribution in [0.5, 0.6) is 0 Å². The molecule has 1 N–H and O–H groups in total. The lowest BCUT2D eigenvalue weighted by Crippen LogP contribution is -2.62. The van der Waals surface area contributed by atoms with Gasteiger partial charge in [-0.1, -0.05) is 102 Å². The van der Waals surface area contributed by atoms with E-state index in [0.717, 1.165) is 51.2 Å². The summed E-state index contributed by atoms with van der Waals surface area (Å²) in [6, 6.07) is 27.3. The van der Waals surface area contributed by atoms with Crippen LogP contribution in [0.3, 0.4) is 0 Å². The lowest BCUT2D eigenvalue weighted by atomic mass is 9.69. The molecule has 0 radical (unpaired) electrons. The van der Waals surface area contributed by atoms with E-state index in [1.54, 1.807) is 6.07 Å². The number of aromatic nitrogens is 2. The highest BCUT2D eigenvalue weighted by molar-refractivity contribution is 7.85. The molecule has 1 aromatic heterocycles. The number of carbonyl (C=O) groups excluding carboxylic acids is 2. The molecule has 11 rings (SSSR count). The maximum atomic E-state index is 13.6. The molecule has 13 heteroatoms. The summed E-state index contributed by atoms with van der Waals surface area (Å²) >= 11 is 0. The fraction of sp³-hybridized carbons (Fsp3) is 0.545. The fourth-order valence-corrected chi connectivity index (χ4v) is 14.9. The number of hydrogen-bond donors (Lipinski definition) is 1. The Morgan fingerprint density at radius 3 is 1.65 bits per heavy atom. The normalized spacial score (nSPS) is 36.9. The van der Waals surface area contributed by atoms with Gasteiger partial charge in [-0.25, -0.2) is 22.7 Å². The van der Waals surface area contributed by atoms with Crippen molar-refractivity contribution in [3.63, 3.8) is 0 Å². The first kappa shape index (κ1) is 47.0. The Hall–Kier alpha value is -4.66. The van der Waals surface area contributed by atoms with Crippen molar-refractivity contribution in [1.29, 1.82) is 0 Å². The van der Waals surface area contributed by atoms with Gasteiger partial charge in [-0.05, 0) is 121 Å². The van der Waals surface area contributed by atoms with Gasteiger partial charge in [0.1, 0.15) is 35.8 Å². The molecule has 362 valence electrons. The topological polar surface area (TPSA) is 152 Å². The van der Waals surface area contributed by atoms with Crippen molar-refractivity contribution >= 4 is 43.8 Å². The molecule has 0 spiro atoms. The van der Waals surface area contributed by atoms with Crippen molar-refractivity contribution in [3.05, 3.63) is 115 Å². The number of fused-ring (bicyclic) bond motifs is 10. The van der Waals surface area contributed by atoms with Crippen molar-refractivity contribution in [2.24, 2.45) is 47.3 Å². The molecule has 6 aliphatic rings. The summed E-state index contributed by atoms with van der Waals surface area (Å²) in [6.45, 7) is 16.8. The Kier molecular flexibility index (Phi) is 11.8. The average molecular weight is 947 g/mol. The Bertz CT molecular complexity index is 2830. The molecule has 0 amide bonds. The molecule has 6 fully saturated rings. The van der Waals surface area contributed by atoms with E-state index in [1.165, 1.54) is 18.7 Å². The van der Waals surface area contributed by atoms with Gasteiger partial charge in [-0.2, -0.15) is 8.42 Å². The van der Waals surface area contributed by atoms with Crippen LogP contribution < -0.4 is 0 Å². The lowest BCUT2D eigenvalue weighted by molar-refractivity contribution is -0.257. The lowest BCUT2D eigenvalue weighted by Gasteiger charge is -2.53. The van der Waals surface area contributed by atoms with Crippen molar-refractivity contribution in [3.8, 4) is 0 Å². The zero-order valence-corrected chi connectivity index (χ0v) is 41.2. The van der Waals surface area contributed by atoms with E-state index in [4.69, 9.17) is 23.1 Å². The number of aliphatic hydroxyl groups is 1. The number of nitrogens with zero attached hydrogens (tertiary/aromatic N) is 2. The number of imidazole rings is 1. The molecule has 4 saturated heterocycles. The molecule has 12 nitrogen and oxygen atoms in total. The van der Waals surface area contributed by atoms with Crippen LogP contribution in [0.1, 0.15) is 115 Å². The van der Waals surface area contributed by atoms with Gasteiger partial charge in [0.15, 0.2) is 0 Å². The van der Waals surface area contributed by atoms with Gasteiger partial charge in [-0.3, -0.25) is 0 Å². The second kappa shape index (κ2) is 17.0. The third-order valence-electron chi connectivity index (χ3n) is 17.8. The molecule has 14 unspecified atom stereocenters. The number of carbonyl (C=O) groups is 2. The van der Waals surface area contributed by atoms with E-state index < -0.39 is 51.0 Å². The SMILES string of the molecule is CC1CCC2C1C(OC(=O)c1ccc3ccccc3c1)C1(C(C)C)CC(O)C2(C)O1.CC1CCC2C1C(OC(=O)c1ccc3ccccc3c1)C1(C(C)C)CC(OS(=O)(=O)n3ccnc3)C2(C)O1. The zero-order chi connectivity index (χ0) is 48.1. The van der Waals surface area contributed by atoms with Crippen LogP contribution in [0, 0.1) is 47.3 Å². The largest absolute Gasteiger partial charge is 0.455 e. The predicted molar refractivity (Wildman–Crippen MR) is 258 cm³/mol. The van der Waals surface area contributed by atoms with Crippen molar-refractivity contribution in [1.82, 2.24) is 8.96 Å². The van der Waals surface area contributed by atoms with E-state index >= 15 is 0 Å². The first-order chi connectivity index (χ1) is 32.3. The van der Waals surface area contributed by atoms with E-state index in [2.05, 4.69) is 39.6 Å². The maximum Gasteiger partial charge on any atom is 0.367 e. The highest BCUT2D eigenvalue weighted by Crippen LogP contribution is 2.64.